The normalized spacial score (nSPS) is 14.1. The predicted octanol–water partition coefficient (Wildman–Crippen LogP) is 3.60. The van der Waals surface area contributed by atoms with Crippen molar-refractivity contribution in [1.82, 2.24) is 9.62 Å². The Bertz CT molecular complexity index is 1570. The topological polar surface area (TPSA) is 123 Å². The van der Waals surface area contributed by atoms with Gasteiger partial charge in [0, 0.05) is 31.1 Å². The summed E-state index contributed by atoms with van der Waals surface area (Å²) in [7, 11) is -0.0573. The van der Waals surface area contributed by atoms with Crippen molar-refractivity contribution in [3.8, 4) is 11.3 Å². The first-order valence-electron chi connectivity index (χ1n) is 12.5. The molecule has 1 aliphatic carbocycles. The Balaban J connectivity index is 1.55. The van der Waals surface area contributed by atoms with Crippen LogP contribution in [0.1, 0.15) is 51.4 Å². The summed E-state index contributed by atoms with van der Waals surface area (Å²) in [6.07, 6.45) is 1.95. The van der Waals surface area contributed by atoms with Crippen molar-refractivity contribution >= 4 is 40.7 Å². The number of fused-ring (bicyclic) bond motifs is 1. The van der Waals surface area contributed by atoms with Gasteiger partial charge in [0.1, 0.15) is 17.2 Å². The molecule has 0 radical (unpaired) electrons. The quantitative estimate of drug-likeness (QED) is 0.187. The molecule has 1 heterocycles. The Hall–Kier alpha value is -3.35. The van der Waals surface area contributed by atoms with Crippen LogP contribution in [0.5, 0.6) is 0 Å². The van der Waals surface area contributed by atoms with Gasteiger partial charge in [-0.1, -0.05) is 23.8 Å². The Morgan fingerprint density at radius 3 is 2.44 bits per heavy atom. The van der Waals surface area contributed by atoms with Gasteiger partial charge >= 0.3 is 7.12 Å². The van der Waals surface area contributed by atoms with E-state index in [2.05, 4.69) is 5.32 Å². The number of carbonyl (C=O) groups excluding carboxylic acids is 1. The molecule has 1 unspecified atom stereocenters. The molecule has 1 amide bonds. The molecule has 39 heavy (non-hydrogen) atoms. The van der Waals surface area contributed by atoms with E-state index in [9.17, 15) is 28.0 Å². The van der Waals surface area contributed by atoms with E-state index >= 15 is 0 Å². The van der Waals surface area contributed by atoms with Gasteiger partial charge in [-0.25, -0.2) is 8.60 Å². The zero-order valence-electron chi connectivity index (χ0n) is 21.5. The van der Waals surface area contributed by atoms with E-state index in [1.807, 2.05) is 12.1 Å². The summed E-state index contributed by atoms with van der Waals surface area (Å²) in [5, 5.41) is 22.3. The van der Waals surface area contributed by atoms with Crippen molar-refractivity contribution in [3.63, 3.8) is 0 Å². The zero-order valence-corrected chi connectivity index (χ0v) is 22.3. The smallest absolute Gasteiger partial charge is 0.455 e. The van der Waals surface area contributed by atoms with Gasteiger partial charge in [-0.05, 0) is 84.2 Å². The molecule has 1 fully saturated rings. The summed E-state index contributed by atoms with van der Waals surface area (Å²) in [5.41, 5.74) is 4.96. The molecule has 4 aromatic rings. The minimum atomic E-state index is -2.30. The second kappa shape index (κ2) is 11.0. The molecule has 0 spiro atoms. The van der Waals surface area contributed by atoms with Gasteiger partial charge in [0.05, 0.1) is 5.56 Å². The predicted molar refractivity (Wildman–Crippen MR) is 148 cm³/mol. The standard InChI is InChI=1S/C28H28BFN2O6S/c1-16-11-17(3-10-24(16)29(34)35)14-32(39(36)37)15-20-12-25-23(13-22(20)18-4-5-18)26(28(33)31-2)27(38-25)19-6-8-21(30)9-7-19/h3,6-13,18,34-35H,4-5,14-15H2,1-2H3,(H,31,33)(H,36,37). The van der Waals surface area contributed by atoms with E-state index < -0.39 is 24.2 Å². The lowest BCUT2D eigenvalue weighted by Crippen LogP contribution is -2.32. The Labute approximate surface area is 228 Å². The molecule has 8 nitrogen and oxygen atoms in total. The number of amides is 1. The van der Waals surface area contributed by atoms with Gasteiger partial charge in [-0.15, -0.1) is 0 Å². The van der Waals surface area contributed by atoms with Gasteiger partial charge in [0.15, 0.2) is 0 Å². The summed E-state index contributed by atoms with van der Waals surface area (Å²) in [6.45, 7) is 2.05. The summed E-state index contributed by atoms with van der Waals surface area (Å²) in [6, 6.07) is 14.5. The van der Waals surface area contributed by atoms with Gasteiger partial charge in [0.25, 0.3) is 5.91 Å². The molecule has 0 bridgehead atoms. The number of furan rings is 1. The molecule has 0 saturated heterocycles. The Kier molecular flexibility index (Phi) is 7.70. The minimum Gasteiger partial charge on any atom is -0.455 e. The number of rotatable bonds is 9. The van der Waals surface area contributed by atoms with Crippen LogP contribution < -0.4 is 10.8 Å². The number of halogens is 1. The third kappa shape index (κ3) is 5.68. The summed E-state index contributed by atoms with van der Waals surface area (Å²) in [5.74, 6) is -0.128. The Morgan fingerprint density at radius 1 is 1.13 bits per heavy atom. The fourth-order valence-electron chi connectivity index (χ4n) is 4.95. The largest absolute Gasteiger partial charge is 0.488 e. The second-order valence-corrected chi connectivity index (χ2v) is 10.8. The van der Waals surface area contributed by atoms with Crippen molar-refractivity contribution in [2.75, 3.05) is 7.05 Å². The number of nitrogens with zero attached hydrogens (tertiary/aromatic N) is 1. The number of hydrogen-bond donors (Lipinski definition) is 4. The molecular weight excluding hydrogens is 522 g/mol. The van der Waals surface area contributed by atoms with Crippen molar-refractivity contribution < 1.29 is 32.4 Å². The van der Waals surface area contributed by atoms with Crippen LogP contribution in [0.4, 0.5) is 4.39 Å². The highest BCUT2D eigenvalue weighted by Gasteiger charge is 2.30. The van der Waals surface area contributed by atoms with Gasteiger partial charge in [0.2, 0.25) is 11.3 Å². The van der Waals surface area contributed by atoms with E-state index in [1.54, 1.807) is 37.3 Å². The van der Waals surface area contributed by atoms with Crippen molar-refractivity contribution in [3.05, 3.63) is 88.2 Å². The van der Waals surface area contributed by atoms with E-state index in [4.69, 9.17) is 4.42 Å². The molecule has 1 saturated carbocycles. The molecule has 11 heteroatoms. The lowest BCUT2D eigenvalue weighted by atomic mass is 9.77. The van der Waals surface area contributed by atoms with Crippen LogP contribution in [0.3, 0.4) is 0 Å². The third-order valence-corrected chi connectivity index (χ3v) is 7.77. The molecular formula is C28H28BFN2O6S. The van der Waals surface area contributed by atoms with Crippen LogP contribution in [-0.2, 0) is 24.4 Å². The van der Waals surface area contributed by atoms with Crippen LogP contribution >= 0.6 is 0 Å². The van der Waals surface area contributed by atoms with Crippen molar-refractivity contribution in [1.29, 1.82) is 0 Å². The summed E-state index contributed by atoms with van der Waals surface area (Å²) < 4.78 is 43.7. The number of aryl methyl sites for hydroxylation is 1. The zero-order chi connectivity index (χ0) is 27.8. The van der Waals surface area contributed by atoms with Crippen molar-refractivity contribution in [2.45, 2.75) is 38.8 Å². The number of benzene rings is 3. The van der Waals surface area contributed by atoms with Crippen LogP contribution in [0.25, 0.3) is 22.3 Å². The molecule has 1 atom stereocenters. The maximum Gasteiger partial charge on any atom is 0.488 e. The van der Waals surface area contributed by atoms with Crippen LogP contribution in [-0.4, -0.2) is 43.2 Å². The van der Waals surface area contributed by atoms with E-state index in [1.165, 1.54) is 23.5 Å². The second-order valence-electron chi connectivity index (χ2n) is 9.81. The molecule has 1 aromatic heterocycles. The maximum absolute atomic E-state index is 13.6. The number of hydrogen-bond acceptors (Lipinski definition) is 5. The van der Waals surface area contributed by atoms with E-state index in [0.717, 1.165) is 29.5 Å². The molecule has 0 aliphatic heterocycles. The van der Waals surface area contributed by atoms with Crippen LogP contribution in [0.15, 0.2) is 59.0 Å². The molecule has 202 valence electrons. The van der Waals surface area contributed by atoms with E-state index in [0.29, 0.717) is 38.9 Å². The van der Waals surface area contributed by atoms with Gasteiger partial charge in [-0.2, -0.15) is 4.31 Å². The van der Waals surface area contributed by atoms with Crippen molar-refractivity contribution in [2.24, 2.45) is 0 Å². The average molecular weight is 550 g/mol. The average Bonchev–Trinajstić information content (AvgIpc) is 3.68. The first-order chi connectivity index (χ1) is 18.7. The number of nitrogens with one attached hydrogen (secondary N) is 1. The molecule has 1 aliphatic rings. The van der Waals surface area contributed by atoms with Crippen LogP contribution in [0, 0.1) is 12.7 Å². The van der Waals surface area contributed by atoms with Crippen LogP contribution in [0.2, 0.25) is 0 Å². The van der Waals surface area contributed by atoms with Gasteiger partial charge < -0.3 is 19.8 Å². The summed E-state index contributed by atoms with van der Waals surface area (Å²) >= 11 is -2.30. The fourth-order valence-corrected chi connectivity index (χ4v) is 5.46. The summed E-state index contributed by atoms with van der Waals surface area (Å²) in [4.78, 5) is 12.9. The number of carbonyl (C=O) groups is 1. The SMILES string of the molecule is CNC(=O)c1c(-c2ccc(F)cc2)oc2cc(CN(Cc3ccc(B(O)O)c(C)c3)S(=O)O)c(C3CC3)cc12. The molecule has 3 aromatic carbocycles. The monoisotopic (exact) mass is 550 g/mol. The van der Waals surface area contributed by atoms with Gasteiger partial charge in [-0.3, -0.25) is 9.35 Å². The fraction of sp³-hybridized carbons (Fsp3) is 0.250. The first kappa shape index (κ1) is 27.2. The lowest BCUT2D eigenvalue weighted by molar-refractivity contribution is 0.0964. The lowest BCUT2D eigenvalue weighted by Gasteiger charge is -2.20. The molecule has 5 rings (SSSR count). The maximum atomic E-state index is 13.6. The third-order valence-electron chi connectivity index (χ3n) is 7.07. The Morgan fingerprint density at radius 2 is 1.85 bits per heavy atom. The first-order valence-corrected chi connectivity index (χ1v) is 13.6. The highest BCUT2D eigenvalue weighted by atomic mass is 32.2. The molecule has 4 N–H and O–H groups in total. The highest BCUT2D eigenvalue weighted by Crippen LogP contribution is 2.45. The van der Waals surface area contributed by atoms with E-state index in [-0.39, 0.29) is 24.9 Å². The highest BCUT2D eigenvalue weighted by molar-refractivity contribution is 7.76. The minimum absolute atomic E-state index is 0.149.